The van der Waals surface area contributed by atoms with E-state index in [9.17, 15) is 0 Å². The van der Waals surface area contributed by atoms with Crippen LogP contribution in [0.25, 0.3) is 22.8 Å². The molecule has 0 N–H and O–H groups in total. The third-order valence-corrected chi connectivity index (χ3v) is 11.0. The minimum absolute atomic E-state index is 0.132. The Bertz CT molecular complexity index is 2230. The number of rotatable bonds is 2. The predicted molar refractivity (Wildman–Crippen MR) is 189 cm³/mol. The molecule has 218 valence electrons. The van der Waals surface area contributed by atoms with Crippen LogP contribution in [-0.2, 0) is 10.8 Å². The van der Waals surface area contributed by atoms with Crippen LogP contribution in [0, 0.1) is 5.92 Å². The van der Waals surface area contributed by atoms with Gasteiger partial charge in [0.1, 0.15) is 0 Å². The summed E-state index contributed by atoms with van der Waals surface area (Å²) < 4.78 is 0. The number of para-hydroxylation sites is 1. The van der Waals surface area contributed by atoms with Crippen LogP contribution in [0.4, 0.5) is 17.1 Å². The molecule has 0 spiro atoms. The van der Waals surface area contributed by atoms with E-state index in [4.69, 9.17) is 0 Å². The van der Waals surface area contributed by atoms with Crippen molar-refractivity contribution >= 4 is 28.7 Å². The van der Waals surface area contributed by atoms with E-state index in [1.807, 2.05) is 0 Å². The first-order valence-corrected chi connectivity index (χ1v) is 16.3. The molecule has 0 aromatic heterocycles. The Labute approximate surface area is 266 Å². The molecule has 2 aliphatic carbocycles. The monoisotopic (exact) mass is 579 g/mol. The molecule has 45 heavy (non-hydrogen) atoms. The second-order valence-corrected chi connectivity index (χ2v) is 14.2. The first-order chi connectivity index (χ1) is 21.8. The van der Waals surface area contributed by atoms with Crippen molar-refractivity contribution in [2.45, 2.75) is 44.4 Å². The minimum Gasteiger partial charge on any atom is -0.309 e. The van der Waals surface area contributed by atoms with Gasteiger partial charge in [-0.3, -0.25) is 0 Å². The first kappa shape index (κ1) is 26.5. The smallest absolute Gasteiger partial charge is 0.0544 e. The zero-order valence-corrected chi connectivity index (χ0v) is 26.4. The highest BCUT2D eigenvalue weighted by atomic mass is 15.2. The van der Waals surface area contributed by atoms with Crippen molar-refractivity contribution in [2.75, 3.05) is 4.90 Å². The van der Waals surface area contributed by atoms with Crippen LogP contribution in [0.2, 0.25) is 0 Å². The van der Waals surface area contributed by atoms with E-state index < -0.39 is 0 Å². The summed E-state index contributed by atoms with van der Waals surface area (Å²) in [6.45, 7) is 9.67. The lowest BCUT2D eigenvalue weighted by Crippen LogP contribution is -2.38. The van der Waals surface area contributed by atoms with Gasteiger partial charge in [-0.15, -0.1) is 0 Å². The van der Waals surface area contributed by atoms with E-state index in [1.54, 1.807) is 0 Å². The molecular formula is C44H37N. The summed E-state index contributed by atoms with van der Waals surface area (Å²) in [6, 6.07) is 41.1. The van der Waals surface area contributed by atoms with Gasteiger partial charge in [-0.05, 0) is 79.2 Å². The van der Waals surface area contributed by atoms with Crippen LogP contribution >= 0.6 is 0 Å². The molecule has 0 radical (unpaired) electrons. The van der Waals surface area contributed by atoms with E-state index in [0.717, 1.165) is 0 Å². The minimum atomic E-state index is -0.194. The highest BCUT2D eigenvalue weighted by molar-refractivity contribution is 5.94. The molecule has 0 fully saturated rings. The Morgan fingerprint density at radius 1 is 0.556 bits per heavy atom. The fourth-order valence-corrected chi connectivity index (χ4v) is 8.59. The fraction of sp³-hybridized carbons (Fsp3) is 0.182. The van der Waals surface area contributed by atoms with Crippen molar-refractivity contribution < 1.29 is 0 Å². The van der Waals surface area contributed by atoms with Gasteiger partial charge >= 0.3 is 0 Å². The van der Waals surface area contributed by atoms with Crippen LogP contribution in [0.1, 0.15) is 61.4 Å². The molecule has 5 aromatic rings. The summed E-state index contributed by atoms with van der Waals surface area (Å²) in [4.78, 5) is 2.57. The van der Waals surface area contributed by atoms with Crippen LogP contribution in [0.3, 0.4) is 0 Å². The molecule has 1 nitrogen and oxygen atoms in total. The Morgan fingerprint density at radius 3 is 2.07 bits per heavy atom. The summed E-state index contributed by atoms with van der Waals surface area (Å²) in [5, 5.41) is 2.69. The quantitative estimate of drug-likeness (QED) is 0.201. The van der Waals surface area contributed by atoms with Crippen molar-refractivity contribution in [1.82, 2.24) is 0 Å². The van der Waals surface area contributed by atoms with Crippen molar-refractivity contribution in [3.63, 3.8) is 0 Å². The highest BCUT2D eigenvalue weighted by Crippen LogP contribution is 2.61. The Morgan fingerprint density at radius 2 is 1.24 bits per heavy atom. The number of benzene rings is 5. The second-order valence-electron chi connectivity index (χ2n) is 14.2. The van der Waals surface area contributed by atoms with Gasteiger partial charge in [-0.2, -0.15) is 0 Å². The Balaban J connectivity index is 1.30. The molecule has 2 atom stereocenters. The number of nitrogens with zero attached hydrogens (tertiary/aromatic N) is 1. The lowest BCUT2D eigenvalue weighted by molar-refractivity contribution is 0.596. The number of hydrogen-bond acceptors (Lipinski definition) is 1. The molecule has 4 aliphatic rings. The van der Waals surface area contributed by atoms with Gasteiger partial charge in [-0.25, -0.2) is 0 Å². The molecule has 1 heteroatoms. The molecule has 2 aliphatic heterocycles. The molecule has 2 unspecified atom stereocenters. The topological polar surface area (TPSA) is 3.24 Å². The third kappa shape index (κ3) is 3.67. The lowest BCUT2D eigenvalue weighted by Gasteiger charge is -2.50. The molecule has 0 bridgehead atoms. The standard InChI is InChI=1S/C44H37N/c1-43(2)36-20-12-13-21-40(36)45-41-23-22-30(35-24-29-16-8-9-17-32(29)33-18-10-11-19-34(33)35)25-37(41)44(3,4)39-27-31(26-38(43)42(39)45)28-14-6-5-7-15-28/h5-27,34-35H,1-4H3. The molecule has 0 saturated heterocycles. The van der Waals surface area contributed by atoms with Crippen LogP contribution in [0.15, 0.2) is 133 Å². The zero-order chi connectivity index (χ0) is 30.5. The van der Waals surface area contributed by atoms with Gasteiger partial charge in [0.2, 0.25) is 0 Å². The van der Waals surface area contributed by atoms with Crippen LogP contribution in [-0.4, -0.2) is 0 Å². The van der Waals surface area contributed by atoms with Crippen molar-refractivity contribution in [3.05, 3.63) is 172 Å². The first-order valence-electron chi connectivity index (χ1n) is 16.3. The zero-order valence-electron chi connectivity index (χ0n) is 26.4. The normalized spacial score (nSPS) is 20.7. The van der Waals surface area contributed by atoms with Crippen LogP contribution in [0.5, 0.6) is 0 Å². The van der Waals surface area contributed by atoms with E-state index in [1.165, 1.54) is 72.0 Å². The third-order valence-electron chi connectivity index (χ3n) is 11.0. The van der Waals surface area contributed by atoms with Crippen molar-refractivity contribution in [2.24, 2.45) is 5.92 Å². The van der Waals surface area contributed by atoms with Gasteiger partial charge in [0.05, 0.1) is 17.1 Å². The predicted octanol–water partition coefficient (Wildman–Crippen LogP) is 9.57. The molecule has 2 heterocycles. The van der Waals surface area contributed by atoms with E-state index in [0.29, 0.717) is 5.92 Å². The summed E-state index contributed by atoms with van der Waals surface area (Å²) >= 11 is 0. The highest BCUT2D eigenvalue weighted by Gasteiger charge is 2.46. The van der Waals surface area contributed by atoms with Gasteiger partial charge in [-0.1, -0.05) is 143 Å². The maximum absolute atomic E-state index is 2.57. The molecular weight excluding hydrogens is 542 g/mol. The van der Waals surface area contributed by atoms with Crippen molar-refractivity contribution in [1.29, 1.82) is 0 Å². The molecule has 0 amide bonds. The molecule has 0 saturated carbocycles. The SMILES string of the molecule is CC1(C)c2ccccc2N2c3ccc(C4C=c5ccccc5=C5C=CC=CC54)cc3C(C)(C)c3cc(-c4ccccc4)cc1c32. The maximum atomic E-state index is 2.57. The summed E-state index contributed by atoms with van der Waals surface area (Å²) in [7, 11) is 0. The Hall–Kier alpha value is -4.88. The summed E-state index contributed by atoms with van der Waals surface area (Å²) in [5.41, 5.74) is 14.6. The average Bonchev–Trinajstić information content (AvgIpc) is 3.08. The Kier molecular flexibility index (Phi) is 5.49. The second kappa shape index (κ2) is 9.31. The van der Waals surface area contributed by atoms with Gasteiger partial charge in [0.25, 0.3) is 0 Å². The number of allylic oxidation sites excluding steroid dienone is 4. The number of fused-ring (bicyclic) bond motifs is 6. The summed E-state index contributed by atoms with van der Waals surface area (Å²) in [6.07, 6.45) is 11.6. The maximum Gasteiger partial charge on any atom is 0.0544 e. The fourth-order valence-electron chi connectivity index (χ4n) is 8.59. The van der Waals surface area contributed by atoms with Gasteiger partial charge in [0, 0.05) is 22.7 Å². The van der Waals surface area contributed by atoms with Gasteiger partial charge < -0.3 is 4.90 Å². The summed E-state index contributed by atoms with van der Waals surface area (Å²) in [5.74, 6) is 0.604. The molecule has 9 rings (SSSR count). The number of anilines is 3. The average molecular weight is 580 g/mol. The molecule has 5 aromatic carbocycles. The van der Waals surface area contributed by atoms with Crippen LogP contribution < -0.4 is 15.3 Å². The number of hydrogen-bond donors (Lipinski definition) is 0. The lowest BCUT2D eigenvalue weighted by atomic mass is 9.65. The van der Waals surface area contributed by atoms with E-state index >= 15 is 0 Å². The largest absolute Gasteiger partial charge is 0.309 e. The van der Waals surface area contributed by atoms with Gasteiger partial charge in [0.15, 0.2) is 0 Å². The van der Waals surface area contributed by atoms with E-state index in [-0.39, 0.29) is 16.7 Å². The van der Waals surface area contributed by atoms with Crippen molar-refractivity contribution in [3.8, 4) is 11.1 Å². The van der Waals surface area contributed by atoms with E-state index in [2.05, 4.69) is 172 Å².